The summed E-state index contributed by atoms with van der Waals surface area (Å²) in [4.78, 5) is 11.5. The second-order valence-electron chi connectivity index (χ2n) is 2.67. The monoisotopic (exact) mass is 222 g/mol. The van der Waals surface area contributed by atoms with Gasteiger partial charge in [0, 0.05) is 17.1 Å². The molecule has 1 aromatic carbocycles. The largest absolute Gasteiger partial charge is 0.508 e. The van der Waals surface area contributed by atoms with Crippen LogP contribution in [-0.4, -0.2) is 25.8 Å². The van der Waals surface area contributed by atoms with E-state index in [-0.39, 0.29) is 11.7 Å². The summed E-state index contributed by atoms with van der Waals surface area (Å²) in [5.74, 6) is -0.197. The van der Waals surface area contributed by atoms with Crippen LogP contribution in [0.25, 0.3) is 0 Å². The van der Waals surface area contributed by atoms with Crippen LogP contribution in [0.3, 0.4) is 0 Å². The van der Waals surface area contributed by atoms with Gasteiger partial charge in [-0.3, -0.25) is 10.1 Å². The Hall–Kier alpha value is -2.02. The Balaban J connectivity index is 2.11. The van der Waals surface area contributed by atoms with E-state index in [4.69, 9.17) is 5.11 Å². The fourth-order valence-electron chi connectivity index (χ4n) is 0.964. The van der Waals surface area contributed by atoms with Gasteiger partial charge < -0.3 is 5.11 Å². The molecule has 2 N–H and O–H groups in total. The van der Waals surface area contributed by atoms with Crippen molar-refractivity contribution < 1.29 is 9.90 Å². The average molecular weight is 222 g/mol. The zero-order valence-electron chi connectivity index (χ0n) is 7.41. The summed E-state index contributed by atoms with van der Waals surface area (Å²) in [5.41, 5.74) is 0.433. The molecule has 0 aliphatic carbocycles. The highest BCUT2D eigenvalue weighted by molar-refractivity contribution is 7.09. The maximum absolute atomic E-state index is 11.5. The number of rotatable bonds is 2. The van der Waals surface area contributed by atoms with Crippen molar-refractivity contribution in [2.24, 2.45) is 0 Å². The predicted molar refractivity (Wildman–Crippen MR) is 53.8 cm³/mol. The van der Waals surface area contributed by atoms with E-state index < -0.39 is 0 Å². The molecule has 0 saturated heterocycles. The van der Waals surface area contributed by atoms with Crippen molar-refractivity contribution in [2.45, 2.75) is 0 Å². The Bertz CT molecular complexity index is 454. The number of hydrogen-bond acceptors (Lipinski definition) is 6. The first-order chi connectivity index (χ1) is 7.25. The van der Waals surface area contributed by atoms with E-state index in [1.54, 1.807) is 0 Å². The topological polar surface area (TPSA) is 88.0 Å². The lowest BCUT2D eigenvalue weighted by Gasteiger charge is -2.00. The summed E-state index contributed by atoms with van der Waals surface area (Å²) < 4.78 is 3.51. The van der Waals surface area contributed by atoms with Crippen LogP contribution < -0.4 is 5.32 Å². The molecule has 0 aliphatic heterocycles. The highest BCUT2D eigenvalue weighted by Gasteiger charge is 2.07. The predicted octanol–water partition coefficient (Wildman–Crippen LogP) is 0.891. The third-order valence-corrected chi connectivity index (χ3v) is 2.16. The fourth-order valence-corrected chi connectivity index (χ4v) is 1.33. The highest BCUT2D eigenvalue weighted by atomic mass is 32.1. The van der Waals surface area contributed by atoms with Gasteiger partial charge in [-0.2, -0.15) is 0 Å². The van der Waals surface area contributed by atoms with Crippen molar-refractivity contribution in [2.75, 3.05) is 5.32 Å². The average Bonchev–Trinajstić information content (AvgIpc) is 2.71. The molecule has 15 heavy (non-hydrogen) atoms. The molecule has 0 spiro atoms. The minimum Gasteiger partial charge on any atom is -0.508 e. The van der Waals surface area contributed by atoms with Gasteiger partial charge in [0.05, 0.1) is 0 Å². The van der Waals surface area contributed by atoms with E-state index in [9.17, 15) is 4.79 Å². The van der Waals surface area contributed by atoms with Crippen LogP contribution in [0.4, 0.5) is 5.13 Å². The van der Waals surface area contributed by atoms with Gasteiger partial charge in [-0.1, -0.05) is 9.59 Å². The molecule has 0 aliphatic rings. The van der Waals surface area contributed by atoms with Gasteiger partial charge in [0.2, 0.25) is 5.13 Å². The smallest absolute Gasteiger partial charge is 0.257 e. The number of nitrogens with one attached hydrogen (secondary N) is 1. The molecule has 6 nitrogen and oxygen atoms in total. The van der Waals surface area contributed by atoms with Crippen LogP contribution >= 0.6 is 11.5 Å². The summed E-state index contributed by atoms with van der Waals surface area (Å²) >= 11 is 0.996. The van der Waals surface area contributed by atoms with Gasteiger partial charge in [0.1, 0.15) is 5.75 Å². The number of carbonyl (C=O) groups excluding carboxylic acids is 1. The summed E-state index contributed by atoms with van der Waals surface area (Å²) in [6, 6.07) is 5.90. The number of aromatic nitrogens is 3. The Morgan fingerprint density at radius 1 is 1.33 bits per heavy atom. The van der Waals surface area contributed by atoms with Crippen LogP contribution in [0.15, 0.2) is 24.3 Å². The molecule has 2 aromatic rings. The van der Waals surface area contributed by atoms with Crippen LogP contribution in [0.5, 0.6) is 5.75 Å². The Kier molecular flexibility index (Phi) is 2.55. The van der Waals surface area contributed by atoms with Gasteiger partial charge in [0.15, 0.2) is 0 Å². The molecule has 2 rings (SSSR count). The molecular formula is C8H6N4O2S. The summed E-state index contributed by atoms with van der Waals surface area (Å²) in [6.45, 7) is 0. The molecule has 0 radical (unpaired) electrons. The minimum atomic E-state index is -0.312. The van der Waals surface area contributed by atoms with Gasteiger partial charge >= 0.3 is 0 Å². The Labute approximate surface area is 88.7 Å². The van der Waals surface area contributed by atoms with Crippen LogP contribution in [0, 0.1) is 0 Å². The Morgan fingerprint density at radius 3 is 2.67 bits per heavy atom. The molecule has 0 unspecified atom stereocenters. The van der Waals surface area contributed by atoms with Crippen molar-refractivity contribution in [1.29, 1.82) is 0 Å². The number of amides is 1. The fraction of sp³-hybridized carbons (Fsp3) is 0. The molecule has 1 amide bonds. The number of benzene rings is 1. The van der Waals surface area contributed by atoms with E-state index in [0.717, 1.165) is 11.5 Å². The number of nitrogens with zero attached hydrogens (tertiary/aromatic N) is 3. The highest BCUT2D eigenvalue weighted by Crippen LogP contribution is 2.12. The summed E-state index contributed by atoms with van der Waals surface area (Å²) in [7, 11) is 0. The van der Waals surface area contributed by atoms with Gasteiger partial charge in [0.25, 0.3) is 5.91 Å². The normalized spacial score (nSPS) is 9.87. The molecule has 0 saturated carbocycles. The zero-order valence-corrected chi connectivity index (χ0v) is 8.23. The maximum atomic E-state index is 11.5. The van der Waals surface area contributed by atoms with E-state index in [2.05, 4.69) is 20.1 Å². The molecule has 1 aromatic heterocycles. The van der Waals surface area contributed by atoms with E-state index in [1.807, 2.05) is 0 Å². The number of phenolic OH excluding ortho intramolecular Hbond substituents is 1. The number of phenols is 1. The maximum Gasteiger partial charge on any atom is 0.257 e. The molecule has 0 atom stereocenters. The first kappa shape index (κ1) is 9.53. The van der Waals surface area contributed by atoms with E-state index in [0.29, 0.717) is 10.7 Å². The lowest BCUT2D eigenvalue weighted by molar-refractivity contribution is 0.102. The molecule has 76 valence electrons. The first-order valence-electron chi connectivity index (χ1n) is 4.01. The number of carbonyl (C=O) groups is 1. The van der Waals surface area contributed by atoms with Crippen LogP contribution in [0.2, 0.25) is 0 Å². The summed E-state index contributed by atoms with van der Waals surface area (Å²) in [6.07, 6.45) is 0. The number of aromatic hydroxyl groups is 1. The Morgan fingerprint density at radius 2 is 2.07 bits per heavy atom. The minimum absolute atomic E-state index is 0.115. The van der Waals surface area contributed by atoms with Crippen LogP contribution in [-0.2, 0) is 0 Å². The lowest BCUT2D eigenvalue weighted by Crippen LogP contribution is -2.11. The van der Waals surface area contributed by atoms with Gasteiger partial charge in [-0.05, 0) is 29.5 Å². The van der Waals surface area contributed by atoms with E-state index in [1.165, 1.54) is 24.3 Å². The quantitative estimate of drug-likeness (QED) is 0.787. The van der Waals surface area contributed by atoms with Crippen molar-refractivity contribution in [3.05, 3.63) is 29.8 Å². The standard InChI is InChI=1S/C8H6N4O2S/c13-6-3-1-5(2-4-6)7(14)9-8-10-11-12-15-8/h1-4,13H,(H,9,10,12,14). The van der Waals surface area contributed by atoms with Gasteiger partial charge in [-0.15, -0.1) is 0 Å². The van der Waals surface area contributed by atoms with Gasteiger partial charge in [-0.25, -0.2) is 0 Å². The molecular weight excluding hydrogens is 216 g/mol. The van der Waals surface area contributed by atoms with Crippen molar-refractivity contribution >= 4 is 22.6 Å². The van der Waals surface area contributed by atoms with Crippen LogP contribution in [0.1, 0.15) is 10.4 Å². The SMILES string of the molecule is O=C(Nc1nnns1)c1ccc(O)cc1. The lowest BCUT2D eigenvalue weighted by atomic mass is 10.2. The summed E-state index contributed by atoms with van der Waals surface area (Å²) in [5, 5.41) is 18.8. The third kappa shape index (κ3) is 2.26. The second-order valence-corrected chi connectivity index (χ2v) is 3.40. The van der Waals surface area contributed by atoms with Crippen molar-refractivity contribution in [1.82, 2.24) is 14.8 Å². The third-order valence-electron chi connectivity index (χ3n) is 1.65. The van der Waals surface area contributed by atoms with Crippen molar-refractivity contribution in [3.63, 3.8) is 0 Å². The molecule has 0 bridgehead atoms. The zero-order chi connectivity index (χ0) is 10.7. The second kappa shape index (κ2) is 4.01. The number of anilines is 1. The molecule has 1 heterocycles. The van der Waals surface area contributed by atoms with Crippen molar-refractivity contribution in [3.8, 4) is 5.75 Å². The number of hydrogen-bond donors (Lipinski definition) is 2. The van der Waals surface area contributed by atoms with E-state index >= 15 is 0 Å². The molecule has 0 fully saturated rings. The molecule has 7 heteroatoms. The first-order valence-corrected chi connectivity index (χ1v) is 4.78.